The summed E-state index contributed by atoms with van der Waals surface area (Å²) in [5.74, 6) is 1.07. The van der Waals surface area contributed by atoms with Gasteiger partial charge in [0.05, 0.1) is 4.90 Å². The summed E-state index contributed by atoms with van der Waals surface area (Å²) in [4.78, 5) is 14.4. The molecule has 1 aliphatic rings. The van der Waals surface area contributed by atoms with Crippen LogP contribution in [0.3, 0.4) is 0 Å². The fourth-order valence-corrected chi connectivity index (χ4v) is 4.63. The highest BCUT2D eigenvalue weighted by Crippen LogP contribution is 2.31. The topological polar surface area (TPSA) is 76.1 Å². The van der Waals surface area contributed by atoms with Crippen molar-refractivity contribution in [3.63, 3.8) is 0 Å². The van der Waals surface area contributed by atoms with Crippen LogP contribution in [0.15, 0.2) is 45.8 Å². The van der Waals surface area contributed by atoms with Crippen LogP contribution in [-0.4, -0.2) is 57.9 Å². The fourth-order valence-electron chi connectivity index (χ4n) is 2.78. The number of fused-ring (bicyclic) bond motifs is 1. The first-order chi connectivity index (χ1) is 13.2. The van der Waals surface area contributed by atoms with Crippen molar-refractivity contribution >= 4 is 31.9 Å². The number of nitrogens with zero attached hydrogens (tertiary/aromatic N) is 2. The second-order valence-electron chi connectivity index (χ2n) is 6.57. The Morgan fingerprint density at radius 3 is 2.39 bits per heavy atom. The maximum atomic E-state index is 12.8. The standard InChI is InChI=1S/C19H21BrN2O5S/c1-21(2)28(24,25)18-11-14(5-6-15(18)20)19(23)22(3)12-13-4-7-16-17(10-13)27-9-8-26-16/h4-7,10-11H,8-9,12H2,1-3H3. The van der Waals surface area contributed by atoms with E-state index in [2.05, 4.69) is 15.9 Å². The summed E-state index contributed by atoms with van der Waals surface area (Å²) in [6.45, 7) is 1.36. The third-order valence-corrected chi connectivity index (χ3v) is 7.12. The van der Waals surface area contributed by atoms with Crippen LogP contribution >= 0.6 is 15.9 Å². The van der Waals surface area contributed by atoms with Crippen molar-refractivity contribution in [2.75, 3.05) is 34.4 Å². The maximum Gasteiger partial charge on any atom is 0.253 e. The second kappa shape index (κ2) is 8.10. The monoisotopic (exact) mass is 468 g/mol. The van der Waals surface area contributed by atoms with Gasteiger partial charge in [0.1, 0.15) is 13.2 Å². The highest BCUT2D eigenvalue weighted by molar-refractivity contribution is 9.10. The minimum Gasteiger partial charge on any atom is -0.486 e. The summed E-state index contributed by atoms with van der Waals surface area (Å²) in [6, 6.07) is 10.1. The first-order valence-electron chi connectivity index (χ1n) is 8.56. The summed E-state index contributed by atoms with van der Waals surface area (Å²) in [7, 11) is 0.892. The molecule has 0 saturated heterocycles. The molecule has 1 heterocycles. The average molecular weight is 469 g/mol. The Morgan fingerprint density at radius 1 is 1.04 bits per heavy atom. The second-order valence-corrected chi connectivity index (χ2v) is 9.55. The third-order valence-electron chi connectivity index (χ3n) is 4.31. The summed E-state index contributed by atoms with van der Waals surface area (Å²) >= 11 is 3.25. The van der Waals surface area contributed by atoms with Crippen molar-refractivity contribution in [2.24, 2.45) is 0 Å². The number of halogens is 1. The fraction of sp³-hybridized carbons (Fsp3) is 0.316. The van der Waals surface area contributed by atoms with Crippen LogP contribution < -0.4 is 9.47 Å². The molecule has 0 spiro atoms. The van der Waals surface area contributed by atoms with E-state index in [0.717, 1.165) is 9.87 Å². The summed E-state index contributed by atoms with van der Waals surface area (Å²) in [6.07, 6.45) is 0. The van der Waals surface area contributed by atoms with E-state index in [1.165, 1.54) is 25.1 Å². The van der Waals surface area contributed by atoms with Crippen molar-refractivity contribution in [3.05, 3.63) is 52.0 Å². The zero-order valence-corrected chi connectivity index (χ0v) is 18.2. The Balaban J connectivity index is 1.82. The molecule has 0 saturated carbocycles. The normalized spacial score (nSPS) is 13.5. The zero-order chi connectivity index (χ0) is 20.5. The third kappa shape index (κ3) is 4.16. The number of amides is 1. The van der Waals surface area contributed by atoms with Crippen LogP contribution in [-0.2, 0) is 16.6 Å². The maximum absolute atomic E-state index is 12.8. The Kier molecular flexibility index (Phi) is 5.97. The van der Waals surface area contributed by atoms with Crippen molar-refractivity contribution < 1.29 is 22.7 Å². The van der Waals surface area contributed by atoms with Gasteiger partial charge in [0.15, 0.2) is 11.5 Å². The van der Waals surface area contributed by atoms with Gasteiger partial charge in [-0.2, -0.15) is 0 Å². The van der Waals surface area contributed by atoms with Crippen molar-refractivity contribution in [1.82, 2.24) is 9.21 Å². The van der Waals surface area contributed by atoms with E-state index in [0.29, 0.717) is 41.3 Å². The average Bonchev–Trinajstić information content (AvgIpc) is 2.67. The van der Waals surface area contributed by atoms with Gasteiger partial charge in [0.25, 0.3) is 5.91 Å². The zero-order valence-electron chi connectivity index (χ0n) is 15.8. The molecule has 9 heteroatoms. The number of ether oxygens (including phenoxy) is 2. The Labute approximate surface area is 173 Å². The van der Waals surface area contributed by atoms with E-state index < -0.39 is 10.0 Å². The van der Waals surface area contributed by atoms with Crippen LogP contribution in [0.4, 0.5) is 0 Å². The molecule has 0 bridgehead atoms. The van der Waals surface area contributed by atoms with Crippen LogP contribution in [0.25, 0.3) is 0 Å². The lowest BCUT2D eigenvalue weighted by molar-refractivity contribution is 0.0784. The molecule has 2 aromatic carbocycles. The Morgan fingerprint density at radius 2 is 1.71 bits per heavy atom. The summed E-state index contributed by atoms with van der Waals surface area (Å²) in [5, 5.41) is 0. The first-order valence-corrected chi connectivity index (χ1v) is 10.8. The Bertz CT molecular complexity index is 1010. The van der Waals surface area contributed by atoms with E-state index in [1.807, 2.05) is 18.2 Å². The molecule has 7 nitrogen and oxygen atoms in total. The minimum absolute atomic E-state index is 0.0519. The van der Waals surface area contributed by atoms with Gasteiger partial charge >= 0.3 is 0 Å². The van der Waals surface area contributed by atoms with Crippen LogP contribution in [0.5, 0.6) is 11.5 Å². The van der Waals surface area contributed by atoms with E-state index in [4.69, 9.17) is 9.47 Å². The molecule has 0 radical (unpaired) electrons. The molecule has 0 N–H and O–H groups in total. The van der Waals surface area contributed by atoms with Crippen LogP contribution in [0.1, 0.15) is 15.9 Å². The molecule has 3 rings (SSSR count). The molecule has 0 aliphatic carbocycles. The van der Waals surface area contributed by atoms with E-state index in [9.17, 15) is 13.2 Å². The van der Waals surface area contributed by atoms with Crippen molar-refractivity contribution in [1.29, 1.82) is 0 Å². The van der Waals surface area contributed by atoms with Gasteiger partial charge in [0, 0.05) is 37.7 Å². The first kappa shape index (κ1) is 20.6. The number of rotatable bonds is 5. The van der Waals surface area contributed by atoms with Gasteiger partial charge in [-0.25, -0.2) is 12.7 Å². The number of hydrogen-bond donors (Lipinski definition) is 0. The minimum atomic E-state index is -3.67. The van der Waals surface area contributed by atoms with Gasteiger partial charge in [-0.1, -0.05) is 6.07 Å². The largest absolute Gasteiger partial charge is 0.486 e. The van der Waals surface area contributed by atoms with Gasteiger partial charge < -0.3 is 14.4 Å². The highest BCUT2D eigenvalue weighted by Gasteiger charge is 2.23. The molecule has 28 heavy (non-hydrogen) atoms. The van der Waals surface area contributed by atoms with Gasteiger partial charge in [-0.05, 0) is 51.8 Å². The molecule has 2 aromatic rings. The molecule has 1 aliphatic heterocycles. The van der Waals surface area contributed by atoms with Crippen LogP contribution in [0.2, 0.25) is 0 Å². The molecule has 0 unspecified atom stereocenters. The molecular weight excluding hydrogens is 448 g/mol. The molecule has 0 fully saturated rings. The van der Waals surface area contributed by atoms with E-state index in [1.54, 1.807) is 19.2 Å². The number of sulfonamides is 1. The number of carbonyl (C=O) groups is 1. The van der Waals surface area contributed by atoms with Gasteiger partial charge in [0.2, 0.25) is 10.0 Å². The smallest absolute Gasteiger partial charge is 0.253 e. The van der Waals surface area contributed by atoms with Crippen LogP contribution in [0, 0.1) is 0 Å². The summed E-state index contributed by atoms with van der Waals surface area (Å²) in [5.41, 5.74) is 1.18. The van der Waals surface area contributed by atoms with Crippen molar-refractivity contribution in [3.8, 4) is 11.5 Å². The number of hydrogen-bond acceptors (Lipinski definition) is 5. The predicted molar refractivity (Wildman–Crippen MR) is 108 cm³/mol. The lowest BCUT2D eigenvalue weighted by Crippen LogP contribution is -2.27. The lowest BCUT2D eigenvalue weighted by Gasteiger charge is -2.21. The SMILES string of the molecule is CN(Cc1ccc2c(c1)OCCO2)C(=O)c1ccc(Br)c(S(=O)(=O)N(C)C)c1. The number of carbonyl (C=O) groups excluding carboxylic acids is 1. The predicted octanol–water partition coefficient (Wildman–Crippen LogP) is 2.74. The Hall–Kier alpha value is -2.10. The van der Waals surface area contributed by atoms with E-state index >= 15 is 0 Å². The molecule has 150 valence electrons. The number of benzene rings is 2. The molecular formula is C19H21BrN2O5S. The highest BCUT2D eigenvalue weighted by atomic mass is 79.9. The molecule has 0 aromatic heterocycles. The van der Waals surface area contributed by atoms with Crippen molar-refractivity contribution in [2.45, 2.75) is 11.4 Å². The molecule has 0 atom stereocenters. The molecule has 1 amide bonds. The lowest BCUT2D eigenvalue weighted by atomic mass is 10.1. The van der Waals surface area contributed by atoms with Gasteiger partial charge in [-0.15, -0.1) is 0 Å². The quantitative estimate of drug-likeness (QED) is 0.674. The van der Waals surface area contributed by atoms with Gasteiger partial charge in [-0.3, -0.25) is 4.79 Å². The summed E-state index contributed by atoms with van der Waals surface area (Å²) < 4.78 is 37.5. The van der Waals surface area contributed by atoms with E-state index in [-0.39, 0.29) is 10.8 Å².